The largest absolute Gasteiger partial charge is 0.348 e. The maximum absolute atomic E-state index is 11.9. The summed E-state index contributed by atoms with van der Waals surface area (Å²) in [5, 5.41) is 6.33. The van der Waals surface area contributed by atoms with Crippen LogP contribution in [0.2, 0.25) is 0 Å². The van der Waals surface area contributed by atoms with Crippen LogP contribution in [0.3, 0.4) is 0 Å². The molecule has 1 saturated carbocycles. The topological polar surface area (TPSA) is 41.1 Å². The Kier molecular flexibility index (Phi) is 5.63. The molecule has 18 heavy (non-hydrogen) atoms. The van der Waals surface area contributed by atoms with Gasteiger partial charge in [-0.05, 0) is 32.3 Å². The fourth-order valence-electron chi connectivity index (χ4n) is 1.84. The summed E-state index contributed by atoms with van der Waals surface area (Å²) in [6.45, 7) is 3.93. The highest BCUT2D eigenvalue weighted by atomic mass is 35.5. The van der Waals surface area contributed by atoms with Crippen molar-refractivity contribution in [2.75, 3.05) is 0 Å². The molecular weight excluding hydrogens is 248 g/mol. The summed E-state index contributed by atoms with van der Waals surface area (Å²) in [6.07, 6.45) is 2.40. The van der Waals surface area contributed by atoms with Crippen LogP contribution in [0.4, 0.5) is 0 Å². The molecule has 4 heteroatoms. The van der Waals surface area contributed by atoms with Gasteiger partial charge in [0, 0.05) is 6.04 Å². The maximum Gasteiger partial charge on any atom is 0.237 e. The Labute approximate surface area is 115 Å². The molecule has 0 saturated heterocycles. The molecule has 0 radical (unpaired) electrons. The standard InChI is InChI=1S/C14H20N2O.ClH/c1-10(12-6-4-3-5-7-12)16-14(17)11(2)15-13-8-9-13;/h3-7,10-11,13,15H,8-9H2,1-2H3,(H,16,17);1H. The molecule has 2 atom stereocenters. The van der Waals surface area contributed by atoms with Crippen molar-refractivity contribution in [3.63, 3.8) is 0 Å². The molecule has 2 N–H and O–H groups in total. The second-order valence-corrected chi connectivity index (χ2v) is 4.80. The van der Waals surface area contributed by atoms with Gasteiger partial charge in [0.25, 0.3) is 0 Å². The SMILES string of the molecule is CC(NC1CC1)C(=O)NC(C)c1ccccc1.Cl. The van der Waals surface area contributed by atoms with Gasteiger partial charge in [0.05, 0.1) is 12.1 Å². The van der Waals surface area contributed by atoms with Crippen molar-refractivity contribution in [3.8, 4) is 0 Å². The van der Waals surface area contributed by atoms with Gasteiger partial charge in [0.2, 0.25) is 5.91 Å². The van der Waals surface area contributed by atoms with Crippen LogP contribution in [0.1, 0.15) is 38.3 Å². The van der Waals surface area contributed by atoms with Crippen LogP contribution in [-0.4, -0.2) is 18.0 Å². The highest BCUT2D eigenvalue weighted by Crippen LogP contribution is 2.19. The lowest BCUT2D eigenvalue weighted by atomic mass is 10.1. The summed E-state index contributed by atoms with van der Waals surface area (Å²) in [7, 11) is 0. The molecule has 1 aliphatic carbocycles. The third-order valence-electron chi connectivity index (χ3n) is 3.11. The molecule has 100 valence electrons. The normalized spacial score (nSPS) is 17.4. The summed E-state index contributed by atoms with van der Waals surface area (Å²) in [5.41, 5.74) is 1.14. The van der Waals surface area contributed by atoms with Crippen LogP contribution in [0.15, 0.2) is 30.3 Å². The monoisotopic (exact) mass is 268 g/mol. The fraction of sp³-hybridized carbons (Fsp3) is 0.500. The molecule has 0 bridgehead atoms. The summed E-state index contributed by atoms with van der Waals surface area (Å²) in [4.78, 5) is 11.9. The molecule has 1 amide bonds. The predicted octanol–water partition coefficient (Wildman–Crippen LogP) is 2.43. The smallest absolute Gasteiger partial charge is 0.237 e. The van der Waals surface area contributed by atoms with Gasteiger partial charge in [0.1, 0.15) is 0 Å². The number of hydrogen-bond acceptors (Lipinski definition) is 2. The van der Waals surface area contributed by atoms with Crippen molar-refractivity contribution < 1.29 is 4.79 Å². The summed E-state index contributed by atoms with van der Waals surface area (Å²) in [6, 6.07) is 10.5. The number of amides is 1. The average molecular weight is 269 g/mol. The van der Waals surface area contributed by atoms with E-state index in [9.17, 15) is 4.79 Å². The first-order valence-corrected chi connectivity index (χ1v) is 6.28. The van der Waals surface area contributed by atoms with Crippen LogP contribution in [0, 0.1) is 0 Å². The van der Waals surface area contributed by atoms with E-state index in [0.29, 0.717) is 6.04 Å². The van der Waals surface area contributed by atoms with E-state index in [1.165, 1.54) is 12.8 Å². The summed E-state index contributed by atoms with van der Waals surface area (Å²) in [5.74, 6) is 0.0771. The molecule has 0 heterocycles. The number of nitrogens with one attached hydrogen (secondary N) is 2. The molecule has 2 rings (SSSR count). The van der Waals surface area contributed by atoms with E-state index in [4.69, 9.17) is 0 Å². The van der Waals surface area contributed by atoms with Crippen LogP contribution in [-0.2, 0) is 4.79 Å². The lowest BCUT2D eigenvalue weighted by Crippen LogP contribution is -2.43. The number of benzene rings is 1. The molecule has 2 unspecified atom stereocenters. The van der Waals surface area contributed by atoms with Gasteiger partial charge in [-0.25, -0.2) is 0 Å². The van der Waals surface area contributed by atoms with Crippen LogP contribution in [0.25, 0.3) is 0 Å². The van der Waals surface area contributed by atoms with Crippen LogP contribution >= 0.6 is 12.4 Å². The zero-order valence-corrected chi connectivity index (χ0v) is 11.7. The third-order valence-corrected chi connectivity index (χ3v) is 3.11. The Morgan fingerprint density at radius 1 is 1.22 bits per heavy atom. The number of halogens is 1. The minimum Gasteiger partial charge on any atom is -0.348 e. The highest BCUT2D eigenvalue weighted by Gasteiger charge is 2.26. The first-order valence-electron chi connectivity index (χ1n) is 6.28. The van der Waals surface area contributed by atoms with Gasteiger partial charge >= 0.3 is 0 Å². The number of rotatable bonds is 5. The first-order chi connectivity index (χ1) is 8.16. The fourth-order valence-corrected chi connectivity index (χ4v) is 1.84. The Balaban J connectivity index is 0.00000162. The Morgan fingerprint density at radius 2 is 1.83 bits per heavy atom. The average Bonchev–Trinajstić information content (AvgIpc) is 3.14. The van der Waals surface area contributed by atoms with Crippen molar-refractivity contribution in [3.05, 3.63) is 35.9 Å². The lowest BCUT2D eigenvalue weighted by Gasteiger charge is -2.18. The summed E-state index contributed by atoms with van der Waals surface area (Å²) >= 11 is 0. The molecule has 3 nitrogen and oxygen atoms in total. The molecule has 1 aliphatic rings. The number of hydrogen-bond donors (Lipinski definition) is 2. The Bertz CT molecular complexity index is 379. The zero-order chi connectivity index (χ0) is 12.3. The van der Waals surface area contributed by atoms with E-state index in [-0.39, 0.29) is 30.4 Å². The highest BCUT2D eigenvalue weighted by molar-refractivity contribution is 5.85. The van der Waals surface area contributed by atoms with E-state index < -0.39 is 0 Å². The van der Waals surface area contributed by atoms with Crippen molar-refractivity contribution in [2.24, 2.45) is 0 Å². The van der Waals surface area contributed by atoms with Gasteiger partial charge in [-0.2, -0.15) is 0 Å². The van der Waals surface area contributed by atoms with Crippen molar-refractivity contribution in [1.29, 1.82) is 0 Å². The van der Waals surface area contributed by atoms with Crippen molar-refractivity contribution >= 4 is 18.3 Å². The molecule has 1 fully saturated rings. The lowest BCUT2D eigenvalue weighted by molar-refractivity contribution is -0.123. The van der Waals surface area contributed by atoms with Gasteiger partial charge in [-0.1, -0.05) is 30.3 Å². The van der Waals surface area contributed by atoms with Gasteiger partial charge in [-0.15, -0.1) is 12.4 Å². The minimum atomic E-state index is -0.103. The van der Waals surface area contributed by atoms with E-state index >= 15 is 0 Å². The molecular formula is C14H21ClN2O. The molecule has 0 aliphatic heterocycles. The van der Waals surface area contributed by atoms with Gasteiger partial charge in [0.15, 0.2) is 0 Å². The minimum absolute atomic E-state index is 0. The van der Waals surface area contributed by atoms with E-state index in [1.54, 1.807) is 0 Å². The Hall–Kier alpha value is -1.06. The van der Waals surface area contributed by atoms with Crippen molar-refractivity contribution in [2.45, 2.75) is 44.8 Å². The third kappa shape index (κ3) is 4.31. The molecule has 0 spiro atoms. The van der Waals surface area contributed by atoms with E-state index in [0.717, 1.165) is 5.56 Å². The summed E-state index contributed by atoms with van der Waals surface area (Å²) < 4.78 is 0. The quantitative estimate of drug-likeness (QED) is 0.861. The Morgan fingerprint density at radius 3 is 2.39 bits per heavy atom. The molecule has 1 aromatic carbocycles. The molecule has 0 aromatic heterocycles. The van der Waals surface area contributed by atoms with Crippen molar-refractivity contribution in [1.82, 2.24) is 10.6 Å². The van der Waals surface area contributed by atoms with Gasteiger partial charge < -0.3 is 10.6 Å². The second-order valence-electron chi connectivity index (χ2n) is 4.80. The first kappa shape index (κ1) is 15.0. The molecule has 1 aromatic rings. The van der Waals surface area contributed by atoms with Gasteiger partial charge in [-0.3, -0.25) is 4.79 Å². The van der Waals surface area contributed by atoms with Crippen LogP contribution in [0.5, 0.6) is 0 Å². The van der Waals surface area contributed by atoms with E-state index in [1.807, 2.05) is 44.2 Å². The van der Waals surface area contributed by atoms with E-state index in [2.05, 4.69) is 10.6 Å². The predicted molar refractivity (Wildman–Crippen MR) is 75.9 cm³/mol. The number of carbonyl (C=O) groups is 1. The second kappa shape index (κ2) is 6.76. The van der Waals surface area contributed by atoms with Crippen LogP contribution < -0.4 is 10.6 Å². The maximum atomic E-state index is 11.9. The number of carbonyl (C=O) groups excluding carboxylic acids is 1. The zero-order valence-electron chi connectivity index (χ0n) is 10.8.